The van der Waals surface area contributed by atoms with Crippen LogP contribution in [-0.2, 0) is 6.42 Å². The lowest BCUT2D eigenvalue weighted by Gasteiger charge is -2.23. The fraction of sp³-hybridized carbons (Fsp3) is 0.647. The van der Waals surface area contributed by atoms with Gasteiger partial charge in [0.2, 0.25) is 0 Å². The minimum Gasteiger partial charge on any atom is -0.314 e. The number of nitrogens with one attached hydrogen (secondary N) is 1. The molecule has 1 aromatic rings. The van der Waals surface area contributed by atoms with Gasteiger partial charge in [-0.05, 0) is 55.3 Å². The van der Waals surface area contributed by atoms with Crippen molar-refractivity contribution in [3.63, 3.8) is 0 Å². The highest BCUT2D eigenvalue weighted by Crippen LogP contribution is 2.22. The molecule has 0 saturated heterocycles. The molecule has 1 heteroatoms. The van der Waals surface area contributed by atoms with Crippen LogP contribution < -0.4 is 5.32 Å². The van der Waals surface area contributed by atoms with E-state index in [2.05, 4.69) is 65.1 Å². The van der Waals surface area contributed by atoms with Crippen molar-refractivity contribution in [2.75, 3.05) is 6.54 Å². The second-order valence-corrected chi connectivity index (χ2v) is 6.09. The van der Waals surface area contributed by atoms with Gasteiger partial charge in [0.15, 0.2) is 0 Å². The first-order chi connectivity index (χ1) is 8.41. The van der Waals surface area contributed by atoms with Crippen molar-refractivity contribution in [3.05, 3.63) is 34.9 Å². The van der Waals surface area contributed by atoms with Crippen molar-refractivity contribution in [1.29, 1.82) is 0 Å². The third-order valence-corrected chi connectivity index (χ3v) is 3.99. The van der Waals surface area contributed by atoms with Crippen LogP contribution in [0.15, 0.2) is 18.2 Å². The normalized spacial score (nSPS) is 14.8. The molecule has 18 heavy (non-hydrogen) atoms. The van der Waals surface area contributed by atoms with Crippen LogP contribution in [0, 0.1) is 25.7 Å². The quantitative estimate of drug-likeness (QED) is 0.797. The molecule has 0 spiro atoms. The summed E-state index contributed by atoms with van der Waals surface area (Å²) in [7, 11) is 0. The Labute approximate surface area is 113 Å². The lowest BCUT2D eigenvalue weighted by Crippen LogP contribution is -2.31. The Morgan fingerprint density at radius 3 is 2.00 bits per heavy atom. The van der Waals surface area contributed by atoms with E-state index in [1.54, 1.807) is 5.56 Å². The van der Waals surface area contributed by atoms with E-state index in [0.29, 0.717) is 12.0 Å². The molecular weight excluding hydrogens is 218 g/mol. The lowest BCUT2D eigenvalue weighted by atomic mass is 9.86. The summed E-state index contributed by atoms with van der Waals surface area (Å²) in [6.07, 6.45) is 1.19. The zero-order valence-corrected chi connectivity index (χ0v) is 12.9. The molecule has 1 aromatic carbocycles. The van der Waals surface area contributed by atoms with Gasteiger partial charge in [-0.25, -0.2) is 0 Å². The van der Waals surface area contributed by atoms with Gasteiger partial charge in [-0.3, -0.25) is 0 Å². The minimum absolute atomic E-state index is 0.583. The van der Waals surface area contributed by atoms with Crippen molar-refractivity contribution < 1.29 is 0 Å². The summed E-state index contributed by atoms with van der Waals surface area (Å²) in [4.78, 5) is 0. The average molecular weight is 247 g/mol. The molecular formula is C17H29N. The van der Waals surface area contributed by atoms with Crippen LogP contribution in [0.3, 0.4) is 0 Å². The Morgan fingerprint density at radius 2 is 1.50 bits per heavy atom. The third kappa shape index (κ3) is 4.45. The number of rotatable bonds is 6. The van der Waals surface area contributed by atoms with Gasteiger partial charge in [-0.15, -0.1) is 0 Å². The van der Waals surface area contributed by atoms with Gasteiger partial charge in [0.1, 0.15) is 0 Å². The molecule has 0 heterocycles. The fourth-order valence-corrected chi connectivity index (χ4v) is 2.32. The highest BCUT2D eigenvalue weighted by atomic mass is 14.9. The first-order valence-electron chi connectivity index (χ1n) is 7.20. The monoisotopic (exact) mass is 247 g/mol. The zero-order chi connectivity index (χ0) is 13.7. The van der Waals surface area contributed by atoms with Crippen LogP contribution in [0.25, 0.3) is 0 Å². The molecule has 1 rings (SSSR count). The SMILES string of the molecule is Cc1cccc(C)c1CC(C)C(C)CNC(C)C. The van der Waals surface area contributed by atoms with Gasteiger partial charge < -0.3 is 5.32 Å². The molecule has 0 aliphatic carbocycles. The van der Waals surface area contributed by atoms with E-state index >= 15 is 0 Å². The molecule has 0 aromatic heterocycles. The third-order valence-electron chi connectivity index (χ3n) is 3.99. The molecule has 0 saturated carbocycles. The van der Waals surface area contributed by atoms with Crippen LogP contribution in [0.5, 0.6) is 0 Å². The van der Waals surface area contributed by atoms with Crippen LogP contribution in [0.4, 0.5) is 0 Å². The van der Waals surface area contributed by atoms with Crippen LogP contribution in [-0.4, -0.2) is 12.6 Å². The second kappa shape index (κ2) is 6.94. The van der Waals surface area contributed by atoms with Crippen LogP contribution in [0.2, 0.25) is 0 Å². The maximum absolute atomic E-state index is 3.54. The first-order valence-corrected chi connectivity index (χ1v) is 7.20. The zero-order valence-electron chi connectivity index (χ0n) is 12.9. The topological polar surface area (TPSA) is 12.0 Å². The van der Waals surface area contributed by atoms with Crippen molar-refractivity contribution in [2.45, 2.75) is 54.0 Å². The molecule has 0 fully saturated rings. The second-order valence-electron chi connectivity index (χ2n) is 6.09. The molecule has 0 amide bonds. The molecule has 2 unspecified atom stereocenters. The Hall–Kier alpha value is -0.820. The van der Waals surface area contributed by atoms with Crippen LogP contribution in [0.1, 0.15) is 44.4 Å². The van der Waals surface area contributed by atoms with Gasteiger partial charge in [0.25, 0.3) is 0 Å². The van der Waals surface area contributed by atoms with Gasteiger partial charge in [-0.2, -0.15) is 0 Å². The molecule has 2 atom stereocenters. The molecule has 102 valence electrons. The number of benzene rings is 1. The highest BCUT2D eigenvalue weighted by molar-refractivity contribution is 5.33. The Balaban J connectivity index is 2.61. The summed E-state index contributed by atoms with van der Waals surface area (Å²) in [6.45, 7) is 14.7. The van der Waals surface area contributed by atoms with Gasteiger partial charge in [0, 0.05) is 6.04 Å². The van der Waals surface area contributed by atoms with Crippen LogP contribution >= 0.6 is 0 Å². The summed E-state index contributed by atoms with van der Waals surface area (Å²) in [5, 5.41) is 3.54. The van der Waals surface area contributed by atoms with Crippen molar-refractivity contribution in [3.8, 4) is 0 Å². The molecule has 0 aliphatic rings. The minimum atomic E-state index is 0.583. The summed E-state index contributed by atoms with van der Waals surface area (Å²) in [5.74, 6) is 1.43. The van der Waals surface area contributed by atoms with Crippen molar-refractivity contribution in [2.24, 2.45) is 11.8 Å². The first kappa shape index (κ1) is 15.2. The van der Waals surface area contributed by atoms with Gasteiger partial charge in [0.05, 0.1) is 0 Å². The summed E-state index contributed by atoms with van der Waals surface area (Å²) in [6, 6.07) is 7.20. The summed E-state index contributed by atoms with van der Waals surface area (Å²) in [5.41, 5.74) is 4.41. The standard InChI is InChI=1S/C17H29N/c1-12(2)18-11-16(6)15(5)10-17-13(3)8-7-9-14(17)4/h7-9,12,15-16,18H,10-11H2,1-6H3. The predicted molar refractivity (Wildman–Crippen MR) is 81.1 cm³/mol. The van der Waals surface area contributed by atoms with E-state index in [9.17, 15) is 0 Å². The van der Waals surface area contributed by atoms with Gasteiger partial charge >= 0.3 is 0 Å². The largest absolute Gasteiger partial charge is 0.314 e. The van der Waals surface area contributed by atoms with Gasteiger partial charge in [-0.1, -0.05) is 45.9 Å². The average Bonchev–Trinajstić information content (AvgIpc) is 2.30. The van der Waals surface area contributed by atoms with E-state index in [1.165, 1.54) is 17.5 Å². The fourth-order valence-electron chi connectivity index (χ4n) is 2.32. The molecule has 0 bridgehead atoms. The highest BCUT2D eigenvalue weighted by Gasteiger charge is 2.15. The Kier molecular flexibility index (Phi) is 5.87. The Bertz CT molecular complexity index is 348. The maximum atomic E-state index is 3.54. The van der Waals surface area contributed by atoms with E-state index < -0.39 is 0 Å². The summed E-state index contributed by atoms with van der Waals surface area (Å²) >= 11 is 0. The molecule has 1 N–H and O–H groups in total. The van der Waals surface area contributed by atoms with E-state index in [0.717, 1.165) is 12.5 Å². The molecule has 0 aliphatic heterocycles. The predicted octanol–water partition coefficient (Wildman–Crippen LogP) is 4.12. The molecule has 1 nitrogen and oxygen atoms in total. The van der Waals surface area contributed by atoms with Crippen molar-refractivity contribution >= 4 is 0 Å². The van der Waals surface area contributed by atoms with E-state index in [1.807, 2.05) is 0 Å². The van der Waals surface area contributed by atoms with Crippen molar-refractivity contribution in [1.82, 2.24) is 5.32 Å². The maximum Gasteiger partial charge on any atom is 0.00104 e. The number of hydrogen-bond acceptors (Lipinski definition) is 1. The molecule has 0 radical (unpaired) electrons. The smallest absolute Gasteiger partial charge is 0.00104 e. The van der Waals surface area contributed by atoms with E-state index in [-0.39, 0.29) is 0 Å². The number of aryl methyl sites for hydroxylation is 2. The number of hydrogen-bond donors (Lipinski definition) is 1. The van der Waals surface area contributed by atoms with E-state index in [4.69, 9.17) is 0 Å². The summed E-state index contributed by atoms with van der Waals surface area (Å²) < 4.78 is 0. The Morgan fingerprint density at radius 1 is 0.944 bits per heavy atom. The lowest BCUT2D eigenvalue weighted by molar-refractivity contribution is 0.353.